The lowest BCUT2D eigenvalue weighted by Gasteiger charge is -1.96. The van der Waals surface area contributed by atoms with Crippen LogP contribution in [0, 0.1) is 11.3 Å². The summed E-state index contributed by atoms with van der Waals surface area (Å²) < 4.78 is 5.15. The van der Waals surface area contributed by atoms with Gasteiger partial charge < -0.3 is 4.74 Å². The third-order valence-corrected chi connectivity index (χ3v) is 1.19. The predicted octanol–water partition coefficient (Wildman–Crippen LogP) is 2.27. The van der Waals surface area contributed by atoms with Crippen molar-refractivity contribution in [1.82, 2.24) is 0 Å². The second kappa shape index (κ2) is 9.19. The Labute approximate surface area is 68.5 Å². The molecule has 2 nitrogen and oxygen atoms in total. The number of allylic oxidation sites excluding steroid dienone is 1. The summed E-state index contributed by atoms with van der Waals surface area (Å²) >= 11 is 0. The average Bonchev–Trinajstić information content (AvgIpc) is 2.03. The maximum Gasteiger partial charge on any atom is 0.0645 e. The van der Waals surface area contributed by atoms with Crippen LogP contribution in [0.15, 0.2) is 12.2 Å². The van der Waals surface area contributed by atoms with Gasteiger partial charge in [-0.1, -0.05) is 19.1 Å². The van der Waals surface area contributed by atoms with E-state index in [1.807, 2.05) is 6.07 Å². The summed E-state index contributed by atoms with van der Waals surface area (Å²) in [7, 11) is 0. The lowest BCUT2D eigenvalue weighted by atomic mass is 10.3. The van der Waals surface area contributed by atoms with E-state index in [1.54, 1.807) is 0 Å². The molecule has 0 aliphatic carbocycles. The van der Waals surface area contributed by atoms with Crippen LogP contribution in [0.1, 0.15) is 26.2 Å². The number of ether oxygens (including phenoxy) is 1. The molecular formula is C9H15NO. The van der Waals surface area contributed by atoms with E-state index in [2.05, 4.69) is 19.1 Å². The second-order valence-electron chi connectivity index (χ2n) is 2.19. The molecule has 0 bridgehead atoms. The van der Waals surface area contributed by atoms with E-state index in [0.717, 1.165) is 19.4 Å². The van der Waals surface area contributed by atoms with Crippen molar-refractivity contribution in [3.05, 3.63) is 12.2 Å². The predicted molar refractivity (Wildman–Crippen MR) is 45.1 cm³/mol. The highest BCUT2D eigenvalue weighted by atomic mass is 16.5. The zero-order valence-corrected chi connectivity index (χ0v) is 7.05. The molecule has 0 aromatic rings. The lowest BCUT2D eigenvalue weighted by molar-refractivity contribution is 0.144. The zero-order chi connectivity index (χ0) is 8.36. The minimum Gasteiger partial charge on any atom is -0.380 e. The standard InChI is InChI=1S/C9H15NO/c1-2-3-4-5-8-11-9-6-7-10/h3-4H,2,5-6,8-9H2,1H3/b4-3-. The lowest BCUT2D eigenvalue weighted by Crippen LogP contribution is -1.94. The third-order valence-electron chi connectivity index (χ3n) is 1.19. The number of nitrogens with zero attached hydrogens (tertiary/aromatic N) is 1. The van der Waals surface area contributed by atoms with Crippen LogP contribution in [0.4, 0.5) is 0 Å². The molecule has 0 N–H and O–H groups in total. The number of hydrogen-bond acceptors (Lipinski definition) is 2. The summed E-state index contributed by atoms with van der Waals surface area (Å²) in [5, 5.41) is 8.16. The van der Waals surface area contributed by atoms with Gasteiger partial charge in [-0.25, -0.2) is 0 Å². The van der Waals surface area contributed by atoms with Crippen molar-refractivity contribution >= 4 is 0 Å². The molecule has 0 atom stereocenters. The number of rotatable bonds is 6. The summed E-state index contributed by atoms with van der Waals surface area (Å²) in [5.74, 6) is 0. The summed E-state index contributed by atoms with van der Waals surface area (Å²) in [6.07, 6.45) is 6.76. The molecule has 11 heavy (non-hydrogen) atoms. The molecule has 0 amide bonds. The molecule has 0 aromatic carbocycles. The molecule has 0 aliphatic rings. The number of nitriles is 1. The summed E-state index contributed by atoms with van der Waals surface area (Å²) in [4.78, 5) is 0. The molecule has 0 aromatic heterocycles. The van der Waals surface area contributed by atoms with Crippen LogP contribution in [-0.2, 0) is 4.74 Å². The Bertz CT molecular complexity index is 135. The fourth-order valence-corrected chi connectivity index (χ4v) is 0.656. The van der Waals surface area contributed by atoms with Gasteiger partial charge >= 0.3 is 0 Å². The van der Waals surface area contributed by atoms with Crippen LogP contribution in [0.3, 0.4) is 0 Å². The Morgan fingerprint density at radius 2 is 2.18 bits per heavy atom. The molecule has 0 radical (unpaired) electrons. The van der Waals surface area contributed by atoms with Gasteiger partial charge in [0.15, 0.2) is 0 Å². The summed E-state index contributed by atoms with van der Waals surface area (Å²) in [6, 6.07) is 2.03. The van der Waals surface area contributed by atoms with Crippen molar-refractivity contribution in [2.45, 2.75) is 26.2 Å². The van der Waals surface area contributed by atoms with E-state index in [-0.39, 0.29) is 0 Å². The topological polar surface area (TPSA) is 33.0 Å². The summed E-state index contributed by atoms with van der Waals surface area (Å²) in [6.45, 7) is 3.40. The highest BCUT2D eigenvalue weighted by molar-refractivity contribution is 4.79. The maximum atomic E-state index is 8.16. The Hall–Kier alpha value is -0.810. The second-order valence-corrected chi connectivity index (χ2v) is 2.19. The first-order valence-corrected chi connectivity index (χ1v) is 4.01. The first kappa shape index (κ1) is 10.2. The Morgan fingerprint density at radius 1 is 1.36 bits per heavy atom. The van der Waals surface area contributed by atoms with Gasteiger partial charge in [0, 0.05) is 0 Å². The summed E-state index contributed by atoms with van der Waals surface area (Å²) in [5.41, 5.74) is 0. The number of hydrogen-bond donors (Lipinski definition) is 0. The monoisotopic (exact) mass is 153 g/mol. The first-order chi connectivity index (χ1) is 5.41. The van der Waals surface area contributed by atoms with Crippen molar-refractivity contribution in [1.29, 1.82) is 5.26 Å². The van der Waals surface area contributed by atoms with Crippen molar-refractivity contribution in [2.75, 3.05) is 13.2 Å². The highest BCUT2D eigenvalue weighted by Gasteiger charge is 1.83. The third kappa shape index (κ3) is 9.19. The fraction of sp³-hybridized carbons (Fsp3) is 0.667. The van der Waals surface area contributed by atoms with Crippen LogP contribution in [-0.4, -0.2) is 13.2 Å². The Morgan fingerprint density at radius 3 is 2.82 bits per heavy atom. The smallest absolute Gasteiger partial charge is 0.0645 e. The van der Waals surface area contributed by atoms with Crippen molar-refractivity contribution in [2.24, 2.45) is 0 Å². The largest absolute Gasteiger partial charge is 0.380 e. The van der Waals surface area contributed by atoms with Gasteiger partial charge in [0.1, 0.15) is 0 Å². The van der Waals surface area contributed by atoms with Gasteiger partial charge in [0.2, 0.25) is 0 Å². The molecule has 0 fully saturated rings. The quantitative estimate of drug-likeness (QED) is 0.433. The molecule has 2 heteroatoms. The molecule has 0 rings (SSSR count). The minimum atomic E-state index is 0.498. The van der Waals surface area contributed by atoms with E-state index >= 15 is 0 Å². The van der Waals surface area contributed by atoms with Crippen LogP contribution in [0.2, 0.25) is 0 Å². The van der Waals surface area contributed by atoms with Crippen LogP contribution in [0.25, 0.3) is 0 Å². The Kier molecular flexibility index (Phi) is 8.51. The average molecular weight is 153 g/mol. The van der Waals surface area contributed by atoms with Crippen LogP contribution < -0.4 is 0 Å². The van der Waals surface area contributed by atoms with Gasteiger partial charge in [0.25, 0.3) is 0 Å². The van der Waals surface area contributed by atoms with E-state index in [0.29, 0.717) is 13.0 Å². The first-order valence-electron chi connectivity index (χ1n) is 4.01. The van der Waals surface area contributed by atoms with Gasteiger partial charge in [-0.3, -0.25) is 0 Å². The molecule has 0 aliphatic heterocycles. The van der Waals surface area contributed by atoms with Crippen molar-refractivity contribution in [3.8, 4) is 6.07 Å². The van der Waals surface area contributed by atoms with E-state index in [9.17, 15) is 0 Å². The fourth-order valence-electron chi connectivity index (χ4n) is 0.656. The molecule has 0 heterocycles. The van der Waals surface area contributed by atoms with E-state index in [4.69, 9.17) is 10.00 Å². The zero-order valence-electron chi connectivity index (χ0n) is 7.05. The molecular weight excluding hydrogens is 138 g/mol. The van der Waals surface area contributed by atoms with Gasteiger partial charge in [-0.15, -0.1) is 0 Å². The molecule has 0 spiro atoms. The molecule has 62 valence electrons. The molecule has 0 saturated carbocycles. The van der Waals surface area contributed by atoms with Crippen molar-refractivity contribution in [3.63, 3.8) is 0 Å². The minimum absolute atomic E-state index is 0.498. The normalized spacial score (nSPS) is 10.2. The molecule has 0 saturated heterocycles. The van der Waals surface area contributed by atoms with Gasteiger partial charge in [-0.2, -0.15) is 5.26 Å². The van der Waals surface area contributed by atoms with E-state index < -0.39 is 0 Å². The SMILES string of the molecule is CC/C=C\CCOCCC#N. The molecule has 0 unspecified atom stereocenters. The van der Waals surface area contributed by atoms with Crippen LogP contribution >= 0.6 is 0 Å². The Balaban J connectivity index is 2.91. The van der Waals surface area contributed by atoms with E-state index in [1.165, 1.54) is 0 Å². The van der Waals surface area contributed by atoms with Crippen LogP contribution in [0.5, 0.6) is 0 Å². The van der Waals surface area contributed by atoms with Crippen molar-refractivity contribution < 1.29 is 4.74 Å². The van der Waals surface area contributed by atoms with Gasteiger partial charge in [0.05, 0.1) is 25.7 Å². The highest BCUT2D eigenvalue weighted by Crippen LogP contribution is 1.88. The van der Waals surface area contributed by atoms with Gasteiger partial charge in [-0.05, 0) is 12.8 Å². The maximum absolute atomic E-state index is 8.16.